The first kappa shape index (κ1) is 17.0. The maximum absolute atomic E-state index is 12.6. The normalized spacial score (nSPS) is 14.3. The molecule has 1 heterocycles. The number of aliphatic hydroxyl groups is 1. The van der Waals surface area contributed by atoms with Crippen LogP contribution in [0.3, 0.4) is 0 Å². The van der Waals surface area contributed by atoms with E-state index < -0.39 is 24.2 Å². The summed E-state index contributed by atoms with van der Waals surface area (Å²) >= 11 is 0. The van der Waals surface area contributed by atoms with E-state index in [4.69, 9.17) is 0 Å². The zero-order valence-corrected chi connectivity index (χ0v) is 12.6. The van der Waals surface area contributed by atoms with Gasteiger partial charge in [-0.2, -0.15) is 18.3 Å². The molecule has 1 amide bonds. The van der Waals surface area contributed by atoms with E-state index >= 15 is 0 Å². The molecule has 0 fully saturated rings. The molecule has 0 saturated carbocycles. The average molecular weight is 327 g/mol. The van der Waals surface area contributed by atoms with Crippen LogP contribution in [0.25, 0.3) is 5.69 Å². The van der Waals surface area contributed by atoms with Crippen molar-refractivity contribution in [2.45, 2.75) is 25.6 Å². The topological polar surface area (TPSA) is 67.2 Å². The van der Waals surface area contributed by atoms with Gasteiger partial charge in [0, 0.05) is 6.20 Å². The van der Waals surface area contributed by atoms with Crippen LogP contribution < -0.4 is 5.32 Å². The van der Waals surface area contributed by atoms with Gasteiger partial charge in [-0.15, -0.1) is 0 Å². The lowest BCUT2D eigenvalue weighted by molar-refractivity contribution is -0.249. The first-order valence-electron chi connectivity index (χ1n) is 6.81. The highest BCUT2D eigenvalue weighted by Gasteiger charge is 2.49. The SMILES string of the molecule is Cc1ccn(-c2ccccc2C(=O)NC[C@](C)(O)C(F)(F)F)n1. The Morgan fingerprint density at radius 1 is 1.30 bits per heavy atom. The van der Waals surface area contributed by atoms with Gasteiger partial charge in [-0.1, -0.05) is 12.1 Å². The highest BCUT2D eigenvalue weighted by Crippen LogP contribution is 2.29. The van der Waals surface area contributed by atoms with Crippen LogP contribution in [0.1, 0.15) is 23.0 Å². The van der Waals surface area contributed by atoms with E-state index in [2.05, 4.69) is 10.4 Å². The number of nitrogens with zero attached hydrogens (tertiary/aromatic N) is 2. The van der Waals surface area contributed by atoms with Crippen molar-refractivity contribution in [1.82, 2.24) is 15.1 Å². The van der Waals surface area contributed by atoms with E-state index in [0.717, 1.165) is 5.69 Å². The number of benzene rings is 1. The maximum Gasteiger partial charge on any atom is 0.418 e. The van der Waals surface area contributed by atoms with E-state index in [9.17, 15) is 23.1 Å². The summed E-state index contributed by atoms with van der Waals surface area (Å²) in [7, 11) is 0. The smallest absolute Gasteiger partial charge is 0.379 e. The Hall–Kier alpha value is -2.35. The Morgan fingerprint density at radius 3 is 2.52 bits per heavy atom. The van der Waals surface area contributed by atoms with Gasteiger partial charge in [0.25, 0.3) is 5.91 Å². The number of para-hydroxylation sites is 1. The number of hydrogen-bond acceptors (Lipinski definition) is 3. The van der Waals surface area contributed by atoms with Crippen molar-refractivity contribution in [1.29, 1.82) is 0 Å². The van der Waals surface area contributed by atoms with Crippen molar-refractivity contribution in [2.75, 3.05) is 6.54 Å². The van der Waals surface area contributed by atoms with Crippen LogP contribution in [0.4, 0.5) is 13.2 Å². The number of aromatic nitrogens is 2. The molecule has 2 aromatic rings. The molecule has 0 aliphatic carbocycles. The molecule has 0 spiro atoms. The van der Waals surface area contributed by atoms with Gasteiger partial charge in [-0.25, -0.2) is 4.68 Å². The van der Waals surface area contributed by atoms with Gasteiger partial charge in [-0.3, -0.25) is 4.79 Å². The quantitative estimate of drug-likeness (QED) is 0.905. The number of halogens is 3. The Balaban J connectivity index is 2.21. The monoisotopic (exact) mass is 327 g/mol. The summed E-state index contributed by atoms with van der Waals surface area (Å²) in [6.07, 6.45) is -3.19. The summed E-state index contributed by atoms with van der Waals surface area (Å²) in [5.41, 5.74) is -1.67. The molecule has 0 aliphatic rings. The van der Waals surface area contributed by atoms with E-state index in [0.29, 0.717) is 12.6 Å². The van der Waals surface area contributed by atoms with E-state index in [1.807, 2.05) is 0 Å². The molecule has 0 aliphatic heterocycles. The second-order valence-electron chi connectivity index (χ2n) is 5.37. The van der Waals surface area contributed by atoms with Crippen molar-refractivity contribution in [3.05, 3.63) is 47.8 Å². The summed E-state index contributed by atoms with van der Waals surface area (Å²) in [5.74, 6) is -0.724. The van der Waals surface area contributed by atoms with Gasteiger partial charge in [0.2, 0.25) is 0 Å². The molecule has 1 atom stereocenters. The van der Waals surface area contributed by atoms with Crippen molar-refractivity contribution in [3.8, 4) is 5.69 Å². The van der Waals surface area contributed by atoms with Crippen LogP contribution in [-0.4, -0.2) is 39.1 Å². The van der Waals surface area contributed by atoms with E-state index in [-0.39, 0.29) is 5.56 Å². The Bertz CT molecular complexity index is 708. The number of alkyl halides is 3. The molecule has 2 rings (SSSR count). The highest BCUT2D eigenvalue weighted by atomic mass is 19.4. The molecular formula is C15H16F3N3O2. The minimum Gasteiger partial charge on any atom is -0.379 e. The summed E-state index contributed by atoms with van der Waals surface area (Å²) in [6.45, 7) is 1.44. The average Bonchev–Trinajstić information content (AvgIpc) is 2.90. The Morgan fingerprint density at radius 2 is 1.96 bits per heavy atom. The summed E-state index contributed by atoms with van der Waals surface area (Å²) in [6, 6.07) is 8.13. The van der Waals surface area contributed by atoms with Crippen molar-refractivity contribution < 1.29 is 23.1 Å². The number of hydrogen-bond donors (Lipinski definition) is 2. The lowest BCUT2D eigenvalue weighted by atomic mass is 10.1. The van der Waals surface area contributed by atoms with Gasteiger partial charge in [-0.05, 0) is 32.0 Å². The predicted octanol–water partition coefficient (Wildman–Crippen LogP) is 2.22. The van der Waals surface area contributed by atoms with Crippen LogP contribution in [0, 0.1) is 6.92 Å². The van der Waals surface area contributed by atoms with Gasteiger partial charge >= 0.3 is 6.18 Å². The van der Waals surface area contributed by atoms with Crippen molar-refractivity contribution in [3.63, 3.8) is 0 Å². The molecule has 0 unspecified atom stereocenters. The van der Waals surface area contributed by atoms with Crippen molar-refractivity contribution in [2.24, 2.45) is 0 Å². The van der Waals surface area contributed by atoms with Crippen molar-refractivity contribution >= 4 is 5.91 Å². The highest BCUT2D eigenvalue weighted by molar-refractivity contribution is 5.97. The van der Waals surface area contributed by atoms with E-state index in [1.165, 1.54) is 10.7 Å². The number of carbonyl (C=O) groups excluding carboxylic acids is 1. The van der Waals surface area contributed by atoms with Gasteiger partial charge in [0.05, 0.1) is 23.5 Å². The molecule has 1 aromatic heterocycles. The van der Waals surface area contributed by atoms with Crippen LogP contribution in [0.15, 0.2) is 36.5 Å². The molecule has 1 aromatic carbocycles. The first-order valence-corrected chi connectivity index (χ1v) is 6.81. The van der Waals surface area contributed by atoms with Gasteiger partial charge in [0.1, 0.15) is 0 Å². The minimum absolute atomic E-state index is 0.161. The fourth-order valence-electron chi connectivity index (χ4n) is 1.86. The minimum atomic E-state index is -4.83. The second-order valence-corrected chi connectivity index (χ2v) is 5.37. The molecular weight excluding hydrogens is 311 g/mol. The van der Waals surface area contributed by atoms with Crippen LogP contribution in [0.2, 0.25) is 0 Å². The standard InChI is InChI=1S/C15H16F3N3O2/c1-10-7-8-21(20-10)12-6-4-3-5-11(12)13(22)19-9-14(2,23)15(16,17)18/h3-8,23H,9H2,1-2H3,(H,19,22)/t14-/m0/s1. The van der Waals surface area contributed by atoms with Crippen LogP contribution in [0.5, 0.6) is 0 Å². The number of aryl methyl sites for hydroxylation is 1. The Labute approximate surface area is 130 Å². The zero-order chi connectivity index (χ0) is 17.3. The second kappa shape index (κ2) is 6.04. The molecule has 0 bridgehead atoms. The third kappa shape index (κ3) is 3.70. The summed E-state index contributed by atoms with van der Waals surface area (Å²) in [4.78, 5) is 12.2. The Kier molecular flexibility index (Phi) is 4.46. The number of nitrogens with one attached hydrogen (secondary N) is 1. The predicted molar refractivity (Wildman–Crippen MR) is 77.3 cm³/mol. The molecule has 23 heavy (non-hydrogen) atoms. The summed E-state index contributed by atoms with van der Waals surface area (Å²) < 4.78 is 39.3. The lowest BCUT2D eigenvalue weighted by Gasteiger charge is -2.26. The third-order valence-electron chi connectivity index (χ3n) is 3.32. The van der Waals surface area contributed by atoms with E-state index in [1.54, 1.807) is 37.4 Å². The number of amides is 1. The molecule has 0 saturated heterocycles. The fourth-order valence-corrected chi connectivity index (χ4v) is 1.86. The molecule has 0 radical (unpaired) electrons. The largest absolute Gasteiger partial charge is 0.418 e. The first-order chi connectivity index (χ1) is 10.6. The van der Waals surface area contributed by atoms with Crippen LogP contribution >= 0.6 is 0 Å². The van der Waals surface area contributed by atoms with Gasteiger partial charge < -0.3 is 10.4 Å². The maximum atomic E-state index is 12.6. The number of rotatable bonds is 4. The molecule has 2 N–H and O–H groups in total. The summed E-state index contributed by atoms with van der Waals surface area (Å²) in [5, 5.41) is 15.7. The third-order valence-corrected chi connectivity index (χ3v) is 3.32. The zero-order valence-electron chi connectivity index (χ0n) is 12.6. The molecule has 124 valence electrons. The molecule has 5 nitrogen and oxygen atoms in total. The number of carbonyl (C=O) groups is 1. The van der Waals surface area contributed by atoms with Crippen LogP contribution in [-0.2, 0) is 0 Å². The lowest BCUT2D eigenvalue weighted by Crippen LogP contribution is -2.51. The van der Waals surface area contributed by atoms with Gasteiger partial charge in [0.15, 0.2) is 5.60 Å². The fraction of sp³-hybridized carbons (Fsp3) is 0.333. The molecule has 8 heteroatoms.